The van der Waals surface area contributed by atoms with E-state index >= 15 is 0 Å². The molecule has 6 fully saturated rings. The van der Waals surface area contributed by atoms with E-state index in [0.717, 1.165) is 62.0 Å². The van der Waals surface area contributed by atoms with Gasteiger partial charge in [0, 0.05) is 43.8 Å². The van der Waals surface area contributed by atoms with E-state index in [-0.39, 0.29) is 34.6 Å². The number of aliphatic hydroxyl groups is 2. The van der Waals surface area contributed by atoms with Crippen molar-refractivity contribution in [1.82, 2.24) is 4.90 Å². The molecule has 0 spiro atoms. The maximum atomic E-state index is 11.9. The average molecular weight is 568 g/mol. The Labute approximate surface area is 230 Å². The first kappa shape index (κ1) is 27.6. The van der Waals surface area contributed by atoms with Gasteiger partial charge in [0.2, 0.25) is 0 Å². The van der Waals surface area contributed by atoms with E-state index in [4.69, 9.17) is 4.74 Å². The molecule has 6 heteroatoms. The van der Waals surface area contributed by atoms with Gasteiger partial charge in [-0.1, -0.05) is 20.4 Å². The highest BCUT2D eigenvalue weighted by Crippen LogP contribution is 2.67. The van der Waals surface area contributed by atoms with Crippen LogP contribution in [-0.4, -0.2) is 89.8 Å². The molecule has 2 N–H and O–H groups in total. The third kappa shape index (κ3) is 4.11. The highest BCUT2D eigenvalue weighted by Gasteiger charge is 2.66. The number of morpholine rings is 1. The summed E-state index contributed by atoms with van der Waals surface area (Å²) in [5.41, 5.74) is 0.387. The van der Waals surface area contributed by atoms with Crippen LogP contribution in [0.4, 0.5) is 0 Å². The van der Waals surface area contributed by atoms with Gasteiger partial charge in [-0.15, -0.1) is 0 Å². The predicted molar refractivity (Wildman–Crippen MR) is 139 cm³/mol. The fourth-order valence-corrected chi connectivity index (χ4v) is 10.9. The third-order valence-electron chi connectivity index (χ3n) is 12.8. The molecule has 4 aliphatic carbocycles. The zero-order chi connectivity index (χ0) is 24.4. The maximum absolute atomic E-state index is 11.9. The molecule has 10 atom stereocenters. The Morgan fingerprint density at radius 2 is 1.72 bits per heavy atom. The van der Waals surface area contributed by atoms with Crippen LogP contribution in [0.15, 0.2) is 12.7 Å². The second kappa shape index (κ2) is 10.2. The monoisotopic (exact) mass is 566 g/mol. The van der Waals surface area contributed by atoms with Crippen molar-refractivity contribution in [3.05, 3.63) is 12.7 Å². The van der Waals surface area contributed by atoms with Crippen LogP contribution >= 0.6 is 0 Å². The number of hydrogen-bond acceptors (Lipinski definition) is 4. The van der Waals surface area contributed by atoms with Crippen molar-refractivity contribution >= 4 is 0 Å². The van der Waals surface area contributed by atoms with Crippen LogP contribution in [-0.2, 0) is 4.74 Å². The maximum Gasteiger partial charge on any atom is 0.116 e. The molecule has 2 heterocycles. The van der Waals surface area contributed by atoms with Gasteiger partial charge in [0.25, 0.3) is 0 Å². The molecule has 6 aliphatic rings. The molecule has 6 rings (SSSR count). The number of ether oxygens (including phenoxy) is 1. The van der Waals surface area contributed by atoms with E-state index in [2.05, 4.69) is 31.4 Å². The topological polar surface area (TPSA) is 52.9 Å². The lowest BCUT2D eigenvalue weighted by Crippen LogP contribution is -3.00. The Kier molecular flexibility index (Phi) is 7.82. The van der Waals surface area contributed by atoms with Gasteiger partial charge in [0.05, 0.1) is 39.0 Å². The van der Waals surface area contributed by atoms with Gasteiger partial charge >= 0.3 is 0 Å². The number of hydrogen-bond donors (Lipinski definition) is 2. The van der Waals surface area contributed by atoms with E-state index < -0.39 is 0 Å². The fourth-order valence-electron chi connectivity index (χ4n) is 10.9. The summed E-state index contributed by atoms with van der Waals surface area (Å²) in [6.45, 7) is 16.2. The Morgan fingerprint density at radius 3 is 2.42 bits per heavy atom. The molecule has 0 bridgehead atoms. The number of aliphatic hydroxyl groups excluding tert-OH is 2. The lowest BCUT2D eigenvalue weighted by Gasteiger charge is -2.62. The molecule has 5 unspecified atom stereocenters. The van der Waals surface area contributed by atoms with Crippen molar-refractivity contribution in [2.75, 3.05) is 45.9 Å². The first-order valence-electron chi connectivity index (χ1n) is 15.0. The Morgan fingerprint density at radius 1 is 1.00 bits per heavy atom. The van der Waals surface area contributed by atoms with Gasteiger partial charge in [-0.2, -0.15) is 0 Å². The Balaban J connectivity index is 0.00000267. The molecule has 0 aromatic heterocycles. The van der Waals surface area contributed by atoms with Crippen LogP contribution in [0.25, 0.3) is 0 Å². The predicted octanol–water partition coefficient (Wildman–Crippen LogP) is 0.841. The number of fused-ring (bicyclic) bond motifs is 5. The lowest BCUT2D eigenvalue weighted by atomic mass is 9.44. The summed E-state index contributed by atoms with van der Waals surface area (Å²) in [4.78, 5) is 2.54. The normalized spacial score (nSPS) is 50.4. The van der Waals surface area contributed by atoms with Gasteiger partial charge < -0.3 is 36.4 Å². The van der Waals surface area contributed by atoms with Gasteiger partial charge in [-0.05, 0) is 73.7 Å². The summed E-state index contributed by atoms with van der Waals surface area (Å²) >= 11 is 0. The molecule has 36 heavy (non-hydrogen) atoms. The summed E-state index contributed by atoms with van der Waals surface area (Å²) in [5, 5.41) is 23.1. The zero-order valence-corrected chi connectivity index (χ0v) is 24.4. The number of halogens is 1. The highest BCUT2D eigenvalue weighted by atomic mass is 79.9. The largest absolute Gasteiger partial charge is 1.00 e. The van der Waals surface area contributed by atoms with E-state index in [1.165, 1.54) is 58.0 Å². The van der Waals surface area contributed by atoms with Gasteiger partial charge in [0.1, 0.15) is 12.1 Å². The third-order valence-corrected chi connectivity index (χ3v) is 12.8. The smallest absolute Gasteiger partial charge is 0.116 e. The van der Waals surface area contributed by atoms with Crippen LogP contribution in [0.2, 0.25) is 0 Å². The first-order chi connectivity index (χ1) is 16.8. The van der Waals surface area contributed by atoms with Gasteiger partial charge in [0.15, 0.2) is 0 Å². The van der Waals surface area contributed by atoms with Crippen LogP contribution in [0, 0.1) is 34.5 Å². The van der Waals surface area contributed by atoms with E-state index in [1.54, 1.807) is 0 Å². The fraction of sp³-hybridized carbons (Fsp3) is 0.933. The summed E-state index contributed by atoms with van der Waals surface area (Å²) < 4.78 is 6.73. The summed E-state index contributed by atoms with van der Waals surface area (Å²) in [6, 6.07) is 0.684. The molecule has 0 radical (unpaired) electrons. The SMILES string of the molecule is C=CC[N+]1(C2C[C@H]3[C@@H]4CCC5CC(O)C(N6CCOCC6)C[C@]5(C)[C@@H]4CC[C@]3(C)C2O)CCCC1.[Br-]. The minimum Gasteiger partial charge on any atom is -1.00 e. The molecule has 4 saturated carbocycles. The van der Waals surface area contributed by atoms with Crippen molar-refractivity contribution in [3.63, 3.8) is 0 Å². The lowest BCUT2D eigenvalue weighted by molar-refractivity contribution is -0.938. The molecular formula is C30H51BrN2O3. The van der Waals surface area contributed by atoms with Crippen molar-refractivity contribution in [2.24, 2.45) is 34.5 Å². The van der Waals surface area contributed by atoms with Crippen molar-refractivity contribution in [3.8, 4) is 0 Å². The molecule has 2 saturated heterocycles. The Hall–Kier alpha value is 0.0200. The summed E-state index contributed by atoms with van der Waals surface area (Å²) in [6.07, 6.45) is 12.7. The van der Waals surface area contributed by atoms with Gasteiger partial charge in [-0.25, -0.2) is 0 Å². The van der Waals surface area contributed by atoms with Crippen LogP contribution in [0.5, 0.6) is 0 Å². The van der Waals surface area contributed by atoms with Crippen molar-refractivity contribution < 1.29 is 36.4 Å². The summed E-state index contributed by atoms with van der Waals surface area (Å²) in [5.74, 6) is 2.78. The van der Waals surface area contributed by atoms with E-state index in [0.29, 0.717) is 29.3 Å². The number of nitrogens with zero attached hydrogens (tertiary/aromatic N) is 2. The second-order valence-electron chi connectivity index (χ2n) is 14.0. The van der Waals surface area contributed by atoms with Crippen molar-refractivity contribution in [2.45, 2.75) is 95.9 Å². The van der Waals surface area contributed by atoms with Crippen LogP contribution < -0.4 is 17.0 Å². The molecule has 0 aromatic carbocycles. The first-order valence-corrected chi connectivity index (χ1v) is 15.0. The van der Waals surface area contributed by atoms with Crippen molar-refractivity contribution in [1.29, 1.82) is 0 Å². The average Bonchev–Trinajstić information content (AvgIpc) is 3.43. The minimum absolute atomic E-state index is 0. The Bertz CT molecular complexity index is 799. The molecular weight excluding hydrogens is 516 g/mol. The molecule has 0 amide bonds. The molecule has 0 aromatic rings. The van der Waals surface area contributed by atoms with E-state index in [9.17, 15) is 10.2 Å². The number of likely N-dealkylation sites (tertiary alicyclic amines) is 1. The molecule has 5 nitrogen and oxygen atoms in total. The van der Waals surface area contributed by atoms with Crippen LogP contribution in [0.3, 0.4) is 0 Å². The molecule has 206 valence electrons. The van der Waals surface area contributed by atoms with Crippen LogP contribution in [0.1, 0.15) is 71.6 Å². The summed E-state index contributed by atoms with van der Waals surface area (Å²) in [7, 11) is 0. The zero-order valence-electron chi connectivity index (χ0n) is 22.8. The standard InChI is InChI=1S/C30H51N2O3.BrH/c1-4-13-32(14-5-6-15-32)26-19-24-22-8-7-21-18-27(33)25(31-11-16-35-17-12-31)20-30(21,3)23(22)9-10-29(24,2)28(26)34;/h4,21-28,33-34H,1,5-20H2,2-3H3;1H/q+1;/p-1/t21?,22-,23-,24+,25?,26?,27?,28?,29+,30+;/m1./s1. The van der Waals surface area contributed by atoms with E-state index in [1.807, 2.05) is 0 Å². The minimum atomic E-state index is -0.187. The number of quaternary nitrogens is 1. The molecule has 2 aliphatic heterocycles. The van der Waals surface area contributed by atoms with Gasteiger partial charge in [-0.3, -0.25) is 4.90 Å². The quantitative estimate of drug-likeness (QED) is 0.391. The highest BCUT2D eigenvalue weighted by molar-refractivity contribution is 5.13. The second-order valence-corrected chi connectivity index (χ2v) is 14.0. The number of rotatable bonds is 4.